The molecule has 3 rings (SSSR count). The van der Waals surface area contributed by atoms with E-state index in [-0.39, 0.29) is 26.9 Å². The number of amides is 2. The van der Waals surface area contributed by atoms with Crippen molar-refractivity contribution in [2.75, 3.05) is 4.90 Å². The van der Waals surface area contributed by atoms with Crippen molar-refractivity contribution in [2.45, 2.75) is 0 Å². The maximum absolute atomic E-state index is 12.4. The summed E-state index contributed by atoms with van der Waals surface area (Å²) in [6.07, 6.45) is 0. The smallest absolute Gasteiger partial charge is 0.268 e. The third-order valence-electron chi connectivity index (χ3n) is 3.22. The molecule has 8 heteroatoms. The molecule has 22 heavy (non-hydrogen) atoms. The average molecular weight is 337 g/mol. The topological polar surface area (TPSA) is 80.5 Å². The first-order valence-electron chi connectivity index (χ1n) is 6.03. The van der Waals surface area contributed by atoms with Gasteiger partial charge in [-0.25, -0.2) is 4.90 Å². The molecular formula is C14H6Cl2N2O4. The quantitative estimate of drug-likeness (QED) is 0.475. The van der Waals surface area contributed by atoms with Gasteiger partial charge in [0.2, 0.25) is 0 Å². The second-order valence-electron chi connectivity index (χ2n) is 4.50. The highest BCUT2D eigenvalue weighted by Crippen LogP contribution is 2.41. The zero-order valence-electron chi connectivity index (χ0n) is 10.7. The van der Waals surface area contributed by atoms with E-state index in [0.717, 1.165) is 6.07 Å². The molecule has 0 aliphatic carbocycles. The highest BCUT2D eigenvalue weighted by Gasteiger charge is 2.41. The van der Waals surface area contributed by atoms with Crippen LogP contribution in [0.25, 0.3) is 0 Å². The van der Waals surface area contributed by atoms with Gasteiger partial charge < -0.3 is 0 Å². The number of hydrogen-bond acceptors (Lipinski definition) is 4. The maximum atomic E-state index is 12.4. The minimum Gasteiger partial charge on any atom is -0.268 e. The summed E-state index contributed by atoms with van der Waals surface area (Å²) in [5.74, 6) is -1.32. The SMILES string of the molecule is O=C1c2ccccc2C(=O)N1c1c(Cl)cc(Cl)cc1[N+](=O)[O-]. The monoisotopic (exact) mass is 336 g/mol. The van der Waals surface area contributed by atoms with E-state index in [1.165, 1.54) is 18.2 Å². The number of rotatable bonds is 2. The molecule has 1 heterocycles. The van der Waals surface area contributed by atoms with Gasteiger partial charge >= 0.3 is 0 Å². The molecule has 0 unspecified atom stereocenters. The number of benzene rings is 2. The molecule has 0 aromatic heterocycles. The lowest BCUT2D eigenvalue weighted by Crippen LogP contribution is -2.30. The zero-order valence-corrected chi connectivity index (χ0v) is 12.3. The van der Waals surface area contributed by atoms with Crippen molar-refractivity contribution in [3.8, 4) is 0 Å². The average Bonchev–Trinajstić information content (AvgIpc) is 2.71. The number of nitrogens with zero attached hydrogens (tertiary/aromatic N) is 2. The summed E-state index contributed by atoms with van der Waals surface area (Å²) < 4.78 is 0. The number of imide groups is 1. The largest absolute Gasteiger partial charge is 0.296 e. The fourth-order valence-electron chi connectivity index (χ4n) is 2.31. The molecule has 2 aromatic carbocycles. The normalized spacial score (nSPS) is 13.5. The second-order valence-corrected chi connectivity index (χ2v) is 5.35. The fraction of sp³-hybridized carbons (Fsp3) is 0. The van der Waals surface area contributed by atoms with Crippen molar-refractivity contribution >= 4 is 46.4 Å². The zero-order chi connectivity index (χ0) is 16.0. The van der Waals surface area contributed by atoms with Gasteiger partial charge in [-0.2, -0.15) is 0 Å². The Morgan fingerprint density at radius 1 is 1.00 bits per heavy atom. The van der Waals surface area contributed by atoms with Crippen LogP contribution in [-0.4, -0.2) is 16.7 Å². The summed E-state index contributed by atoms with van der Waals surface area (Å²) in [4.78, 5) is 36.0. The molecule has 0 radical (unpaired) electrons. The standard InChI is InChI=1S/C14H6Cl2N2O4/c15-7-5-10(16)12(11(6-7)18(21)22)17-13(19)8-3-1-2-4-9(8)14(17)20/h1-6H. The van der Waals surface area contributed by atoms with E-state index in [4.69, 9.17) is 23.2 Å². The lowest BCUT2D eigenvalue weighted by Gasteiger charge is -2.15. The van der Waals surface area contributed by atoms with Gasteiger partial charge in [-0.3, -0.25) is 19.7 Å². The van der Waals surface area contributed by atoms with Crippen LogP contribution in [-0.2, 0) is 0 Å². The van der Waals surface area contributed by atoms with Gasteiger partial charge in [-0.05, 0) is 18.2 Å². The van der Waals surface area contributed by atoms with Crippen molar-refractivity contribution in [3.05, 3.63) is 67.7 Å². The first-order valence-corrected chi connectivity index (χ1v) is 6.78. The maximum Gasteiger partial charge on any atom is 0.296 e. The minimum atomic E-state index is -0.739. The number of hydrogen-bond donors (Lipinski definition) is 0. The molecule has 1 aliphatic rings. The van der Waals surface area contributed by atoms with Gasteiger partial charge in [0.25, 0.3) is 17.5 Å². The van der Waals surface area contributed by atoms with Crippen molar-refractivity contribution in [1.29, 1.82) is 0 Å². The third-order valence-corrected chi connectivity index (χ3v) is 3.73. The lowest BCUT2D eigenvalue weighted by molar-refractivity contribution is -0.384. The Morgan fingerprint density at radius 2 is 1.55 bits per heavy atom. The molecule has 0 N–H and O–H groups in total. The van der Waals surface area contributed by atoms with Gasteiger partial charge in [0.15, 0.2) is 0 Å². The molecule has 2 amide bonds. The van der Waals surface area contributed by atoms with E-state index < -0.39 is 22.4 Å². The molecule has 0 fully saturated rings. The summed E-state index contributed by atoms with van der Waals surface area (Å²) in [5, 5.41) is 11.1. The fourth-order valence-corrected chi connectivity index (χ4v) is 2.87. The number of anilines is 1. The van der Waals surface area contributed by atoms with Crippen LogP contribution < -0.4 is 4.90 Å². The van der Waals surface area contributed by atoms with Crippen LogP contribution in [0.1, 0.15) is 20.7 Å². The molecule has 0 spiro atoms. The Balaban J connectivity index is 2.24. The highest BCUT2D eigenvalue weighted by molar-refractivity contribution is 6.42. The van der Waals surface area contributed by atoms with Gasteiger partial charge in [0.1, 0.15) is 5.69 Å². The van der Waals surface area contributed by atoms with Crippen molar-refractivity contribution in [3.63, 3.8) is 0 Å². The molecule has 6 nitrogen and oxygen atoms in total. The summed E-state index contributed by atoms with van der Waals surface area (Å²) in [7, 11) is 0. The Labute approximate surface area is 134 Å². The van der Waals surface area contributed by atoms with Gasteiger partial charge in [-0.15, -0.1) is 0 Å². The van der Waals surface area contributed by atoms with Crippen molar-refractivity contribution in [2.24, 2.45) is 0 Å². The molecule has 110 valence electrons. The lowest BCUT2D eigenvalue weighted by atomic mass is 10.1. The first kappa shape index (κ1) is 14.5. The van der Waals surface area contributed by atoms with E-state index in [2.05, 4.69) is 0 Å². The van der Waals surface area contributed by atoms with Crippen LogP contribution in [0.4, 0.5) is 11.4 Å². The molecular weight excluding hydrogens is 331 g/mol. The molecule has 0 bridgehead atoms. The van der Waals surface area contributed by atoms with Crippen LogP contribution in [0.15, 0.2) is 36.4 Å². The second kappa shape index (κ2) is 5.08. The van der Waals surface area contributed by atoms with Crippen LogP contribution in [0.2, 0.25) is 10.0 Å². The summed E-state index contributed by atoms with van der Waals surface area (Å²) in [6.45, 7) is 0. The summed E-state index contributed by atoms with van der Waals surface area (Å²) in [5.41, 5.74) is -0.435. The number of halogens is 2. The molecule has 0 saturated carbocycles. The predicted molar refractivity (Wildman–Crippen MR) is 80.7 cm³/mol. The number of carbonyl (C=O) groups is 2. The van der Waals surface area contributed by atoms with Gasteiger partial charge in [-0.1, -0.05) is 35.3 Å². The summed E-state index contributed by atoms with van der Waals surface area (Å²) in [6, 6.07) is 8.45. The Morgan fingerprint density at radius 3 is 2.05 bits per heavy atom. The first-order chi connectivity index (χ1) is 10.4. The van der Waals surface area contributed by atoms with Crippen molar-refractivity contribution < 1.29 is 14.5 Å². The number of nitro groups is 1. The Bertz CT molecular complexity index is 816. The molecule has 1 aliphatic heterocycles. The van der Waals surface area contributed by atoms with E-state index in [9.17, 15) is 19.7 Å². The van der Waals surface area contributed by atoms with E-state index in [0.29, 0.717) is 4.90 Å². The van der Waals surface area contributed by atoms with E-state index >= 15 is 0 Å². The van der Waals surface area contributed by atoms with Gasteiger partial charge in [0, 0.05) is 11.1 Å². The minimum absolute atomic E-state index is 0.0389. The Kier molecular flexibility index (Phi) is 3.35. The number of nitro benzene ring substituents is 1. The molecule has 0 saturated heterocycles. The van der Waals surface area contributed by atoms with E-state index in [1.54, 1.807) is 12.1 Å². The van der Waals surface area contributed by atoms with Gasteiger partial charge in [0.05, 0.1) is 21.1 Å². The Hall–Kier alpha value is -2.44. The third kappa shape index (κ3) is 2.04. The number of carbonyl (C=O) groups excluding carboxylic acids is 2. The van der Waals surface area contributed by atoms with Crippen LogP contribution in [0.5, 0.6) is 0 Å². The van der Waals surface area contributed by atoms with Crippen LogP contribution in [0, 0.1) is 10.1 Å². The van der Waals surface area contributed by atoms with Crippen molar-refractivity contribution in [1.82, 2.24) is 0 Å². The summed E-state index contributed by atoms with van der Waals surface area (Å²) >= 11 is 11.8. The van der Waals surface area contributed by atoms with Crippen LogP contribution in [0.3, 0.4) is 0 Å². The molecule has 2 aromatic rings. The predicted octanol–water partition coefficient (Wildman–Crippen LogP) is 3.70. The van der Waals surface area contributed by atoms with Crippen LogP contribution >= 0.6 is 23.2 Å². The highest BCUT2D eigenvalue weighted by atomic mass is 35.5. The molecule has 0 atom stereocenters. The number of fused-ring (bicyclic) bond motifs is 1. The van der Waals surface area contributed by atoms with E-state index in [1.807, 2.05) is 0 Å².